The zero-order valence-corrected chi connectivity index (χ0v) is 10.0. The largest absolute Gasteiger partial charge is 0.378 e. The number of anilines is 1. The minimum atomic E-state index is -0.00773. The van der Waals surface area contributed by atoms with Gasteiger partial charge in [0.25, 0.3) is 0 Å². The first-order chi connectivity index (χ1) is 7.74. The van der Waals surface area contributed by atoms with Gasteiger partial charge in [-0.15, -0.1) is 10.2 Å². The molecule has 88 valence electrons. The molecule has 0 unspecified atom stereocenters. The molecule has 1 amide bonds. The summed E-state index contributed by atoms with van der Waals surface area (Å²) in [4.78, 5) is 11.6. The highest BCUT2D eigenvalue weighted by Gasteiger charge is 2.17. The van der Waals surface area contributed by atoms with Crippen LogP contribution in [0, 0.1) is 6.92 Å². The lowest BCUT2D eigenvalue weighted by atomic mass is 10.1. The monoisotopic (exact) mass is 241 g/mol. The summed E-state index contributed by atoms with van der Waals surface area (Å²) >= 11 is 1.39. The third-order valence-corrected chi connectivity index (χ3v) is 3.24. The van der Waals surface area contributed by atoms with Crippen LogP contribution in [0.25, 0.3) is 0 Å². The molecule has 0 spiro atoms. The molecular weight excluding hydrogens is 226 g/mol. The zero-order valence-electron chi connectivity index (χ0n) is 9.23. The van der Waals surface area contributed by atoms with Crippen molar-refractivity contribution in [2.75, 3.05) is 11.9 Å². The Kier molecular flexibility index (Phi) is 3.84. The number of hydrogen-bond acceptors (Lipinski definition) is 5. The van der Waals surface area contributed by atoms with E-state index in [2.05, 4.69) is 15.5 Å². The van der Waals surface area contributed by atoms with Gasteiger partial charge in [-0.3, -0.25) is 4.79 Å². The molecule has 1 aliphatic heterocycles. The van der Waals surface area contributed by atoms with Gasteiger partial charge in [-0.2, -0.15) is 0 Å². The average molecular weight is 241 g/mol. The second-order valence-electron chi connectivity index (χ2n) is 3.85. The maximum absolute atomic E-state index is 11.6. The SMILES string of the molecule is Cc1nnc(NC(=O)CC[C@H]2CCCO2)s1. The number of nitrogens with one attached hydrogen (secondary N) is 1. The van der Waals surface area contributed by atoms with E-state index >= 15 is 0 Å². The fourth-order valence-corrected chi connectivity index (χ4v) is 2.30. The molecule has 1 saturated heterocycles. The second kappa shape index (κ2) is 5.36. The number of aromatic nitrogens is 2. The predicted molar refractivity (Wildman–Crippen MR) is 61.5 cm³/mol. The Labute approximate surface area is 98.2 Å². The van der Waals surface area contributed by atoms with Gasteiger partial charge in [0, 0.05) is 13.0 Å². The highest BCUT2D eigenvalue weighted by Crippen LogP contribution is 2.18. The molecule has 1 aromatic heterocycles. The summed E-state index contributed by atoms with van der Waals surface area (Å²) < 4.78 is 5.45. The number of carbonyl (C=O) groups is 1. The summed E-state index contributed by atoms with van der Waals surface area (Å²) in [5, 5.41) is 11.8. The van der Waals surface area contributed by atoms with Gasteiger partial charge < -0.3 is 10.1 Å². The number of carbonyl (C=O) groups excluding carboxylic acids is 1. The fourth-order valence-electron chi connectivity index (χ4n) is 1.69. The van der Waals surface area contributed by atoms with Gasteiger partial charge in [0.05, 0.1) is 6.10 Å². The van der Waals surface area contributed by atoms with Crippen molar-refractivity contribution in [3.05, 3.63) is 5.01 Å². The molecule has 1 atom stereocenters. The lowest BCUT2D eigenvalue weighted by Crippen LogP contribution is -2.15. The molecule has 6 heteroatoms. The van der Waals surface area contributed by atoms with Crippen LogP contribution in [-0.4, -0.2) is 28.8 Å². The maximum Gasteiger partial charge on any atom is 0.226 e. The Morgan fingerprint density at radius 2 is 2.50 bits per heavy atom. The van der Waals surface area contributed by atoms with Gasteiger partial charge in [-0.1, -0.05) is 11.3 Å². The Morgan fingerprint density at radius 3 is 3.12 bits per heavy atom. The number of aryl methyl sites for hydroxylation is 1. The van der Waals surface area contributed by atoms with Crippen LogP contribution in [0.5, 0.6) is 0 Å². The van der Waals surface area contributed by atoms with Crippen molar-refractivity contribution >= 4 is 22.4 Å². The summed E-state index contributed by atoms with van der Waals surface area (Å²) in [5.74, 6) is -0.00773. The summed E-state index contributed by atoms with van der Waals surface area (Å²) in [6.45, 7) is 2.70. The molecule has 0 aliphatic carbocycles. The molecule has 2 rings (SSSR count). The first kappa shape index (κ1) is 11.5. The summed E-state index contributed by atoms with van der Waals surface area (Å²) in [7, 11) is 0. The maximum atomic E-state index is 11.6. The second-order valence-corrected chi connectivity index (χ2v) is 5.03. The van der Waals surface area contributed by atoms with Gasteiger partial charge in [0.15, 0.2) is 0 Å². The van der Waals surface area contributed by atoms with Crippen molar-refractivity contribution in [2.45, 2.75) is 38.7 Å². The quantitative estimate of drug-likeness (QED) is 0.872. The minimum absolute atomic E-state index is 0.00773. The third-order valence-electron chi connectivity index (χ3n) is 2.49. The number of hydrogen-bond donors (Lipinski definition) is 1. The predicted octanol–water partition coefficient (Wildman–Crippen LogP) is 1.74. The molecule has 16 heavy (non-hydrogen) atoms. The molecule has 5 nitrogen and oxygen atoms in total. The number of nitrogens with zero attached hydrogens (tertiary/aromatic N) is 2. The van der Waals surface area contributed by atoms with Crippen molar-refractivity contribution < 1.29 is 9.53 Å². The van der Waals surface area contributed by atoms with Gasteiger partial charge in [-0.25, -0.2) is 0 Å². The molecule has 1 aromatic rings. The third kappa shape index (κ3) is 3.24. The smallest absolute Gasteiger partial charge is 0.226 e. The highest BCUT2D eigenvalue weighted by atomic mass is 32.1. The van der Waals surface area contributed by atoms with Crippen LogP contribution in [0.4, 0.5) is 5.13 Å². The van der Waals surface area contributed by atoms with E-state index in [0.29, 0.717) is 11.6 Å². The molecule has 1 aliphatic rings. The molecule has 2 heterocycles. The normalized spacial score (nSPS) is 19.9. The summed E-state index contributed by atoms with van der Waals surface area (Å²) in [6, 6.07) is 0. The Bertz CT molecular complexity index is 361. The molecule has 1 fully saturated rings. The Hall–Kier alpha value is -1.01. The first-order valence-corrected chi connectivity index (χ1v) is 6.27. The average Bonchev–Trinajstić information content (AvgIpc) is 2.87. The van der Waals surface area contributed by atoms with Crippen molar-refractivity contribution in [3.63, 3.8) is 0 Å². The first-order valence-electron chi connectivity index (χ1n) is 5.45. The van der Waals surface area contributed by atoms with E-state index in [1.54, 1.807) is 0 Å². The van der Waals surface area contributed by atoms with Gasteiger partial charge >= 0.3 is 0 Å². The van der Waals surface area contributed by atoms with Crippen molar-refractivity contribution in [2.24, 2.45) is 0 Å². The van der Waals surface area contributed by atoms with Gasteiger partial charge in [0.1, 0.15) is 5.01 Å². The molecule has 0 aromatic carbocycles. The number of ether oxygens (including phenoxy) is 1. The van der Waals surface area contributed by atoms with E-state index in [-0.39, 0.29) is 12.0 Å². The molecular formula is C10H15N3O2S. The minimum Gasteiger partial charge on any atom is -0.378 e. The molecule has 1 N–H and O–H groups in total. The van der Waals surface area contributed by atoms with Crippen molar-refractivity contribution in [3.8, 4) is 0 Å². The fraction of sp³-hybridized carbons (Fsp3) is 0.700. The lowest BCUT2D eigenvalue weighted by molar-refractivity contribution is -0.116. The summed E-state index contributed by atoms with van der Waals surface area (Å²) in [5.41, 5.74) is 0. The topological polar surface area (TPSA) is 64.1 Å². The van der Waals surface area contributed by atoms with Crippen LogP contribution in [0.3, 0.4) is 0 Å². The van der Waals surface area contributed by atoms with E-state index in [9.17, 15) is 4.79 Å². The van der Waals surface area contributed by atoms with Gasteiger partial charge in [-0.05, 0) is 26.2 Å². The molecule has 0 saturated carbocycles. The van der Waals surface area contributed by atoms with Crippen LogP contribution in [0.2, 0.25) is 0 Å². The standard InChI is InChI=1S/C10H15N3O2S/c1-7-12-13-10(16-7)11-9(14)5-4-8-3-2-6-15-8/h8H,2-6H2,1H3,(H,11,13,14)/t8-/m1/s1. The van der Waals surface area contributed by atoms with E-state index in [4.69, 9.17) is 4.74 Å². The van der Waals surface area contributed by atoms with Crippen LogP contribution in [0.15, 0.2) is 0 Å². The molecule has 0 radical (unpaired) electrons. The Balaban J connectivity index is 1.71. The van der Waals surface area contributed by atoms with E-state index in [1.165, 1.54) is 11.3 Å². The molecule has 0 bridgehead atoms. The van der Waals surface area contributed by atoms with E-state index < -0.39 is 0 Å². The van der Waals surface area contributed by atoms with E-state index in [0.717, 1.165) is 30.9 Å². The zero-order chi connectivity index (χ0) is 11.4. The van der Waals surface area contributed by atoms with Crippen LogP contribution in [0.1, 0.15) is 30.7 Å². The van der Waals surface area contributed by atoms with Gasteiger partial charge in [0.2, 0.25) is 11.0 Å². The van der Waals surface area contributed by atoms with Crippen molar-refractivity contribution in [1.29, 1.82) is 0 Å². The Morgan fingerprint density at radius 1 is 1.62 bits per heavy atom. The lowest BCUT2D eigenvalue weighted by Gasteiger charge is -2.07. The number of rotatable bonds is 4. The highest BCUT2D eigenvalue weighted by molar-refractivity contribution is 7.15. The van der Waals surface area contributed by atoms with Crippen molar-refractivity contribution in [1.82, 2.24) is 10.2 Å². The number of amides is 1. The van der Waals surface area contributed by atoms with Crippen LogP contribution in [-0.2, 0) is 9.53 Å². The van der Waals surface area contributed by atoms with Crippen LogP contribution >= 0.6 is 11.3 Å². The van der Waals surface area contributed by atoms with Crippen LogP contribution < -0.4 is 5.32 Å². The summed E-state index contributed by atoms with van der Waals surface area (Å²) in [6.07, 6.45) is 3.74. The van der Waals surface area contributed by atoms with E-state index in [1.807, 2.05) is 6.92 Å².